The summed E-state index contributed by atoms with van der Waals surface area (Å²) in [5.41, 5.74) is 2.95. The number of hydrogen-bond acceptors (Lipinski definition) is 2. The zero-order valence-corrected chi connectivity index (χ0v) is 14.0. The van der Waals surface area contributed by atoms with E-state index in [1.165, 1.54) is 18.2 Å². The van der Waals surface area contributed by atoms with Gasteiger partial charge in [-0.15, -0.1) is 0 Å². The molecule has 0 radical (unpaired) electrons. The summed E-state index contributed by atoms with van der Waals surface area (Å²) in [5, 5.41) is 0. The Morgan fingerprint density at radius 1 is 0.962 bits per heavy atom. The fourth-order valence-corrected chi connectivity index (χ4v) is 2.82. The van der Waals surface area contributed by atoms with Gasteiger partial charge in [0.15, 0.2) is 0 Å². The molecule has 26 heavy (non-hydrogen) atoms. The van der Waals surface area contributed by atoms with E-state index in [0.29, 0.717) is 23.2 Å². The van der Waals surface area contributed by atoms with Gasteiger partial charge in [-0.3, -0.25) is 9.97 Å². The second kappa shape index (κ2) is 7.23. The maximum atomic E-state index is 13.8. The summed E-state index contributed by atoms with van der Waals surface area (Å²) in [4.78, 5) is 8.28. The highest BCUT2D eigenvalue weighted by Crippen LogP contribution is 2.31. The lowest BCUT2D eigenvalue weighted by atomic mass is 9.96. The van der Waals surface area contributed by atoms with Crippen LogP contribution in [0.2, 0.25) is 0 Å². The summed E-state index contributed by atoms with van der Waals surface area (Å²) < 4.78 is 51.9. The highest BCUT2D eigenvalue weighted by atomic mass is 19.4. The summed E-state index contributed by atoms with van der Waals surface area (Å²) in [6, 6.07) is 8.17. The molecule has 0 aliphatic carbocycles. The SMILES string of the molecule is CCc1ccncc1-c1cc(F)cnc1Cc1ccc(C(F)(F)F)cc1. The monoisotopic (exact) mass is 360 g/mol. The Morgan fingerprint density at radius 2 is 1.69 bits per heavy atom. The van der Waals surface area contributed by atoms with E-state index in [2.05, 4.69) is 9.97 Å². The molecule has 0 atom stereocenters. The van der Waals surface area contributed by atoms with Crippen molar-refractivity contribution in [3.05, 3.63) is 83.2 Å². The van der Waals surface area contributed by atoms with Crippen LogP contribution >= 0.6 is 0 Å². The number of hydrogen-bond donors (Lipinski definition) is 0. The molecule has 0 aliphatic rings. The molecule has 3 rings (SSSR count). The molecular weight excluding hydrogens is 344 g/mol. The molecule has 2 nitrogen and oxygen atoms in total. The number of alkyl halides is 3. The van der Waals surface area contributed by atoms with E-state index in [4.69, 9.17) is 0 Å². The topological polar surface area (TPSA) is 25.8 Å². The van der Waals surface area contributed by atoms with Gasteiger partial charge in [0.25, 0.3) is 0 Å². The van der Waals surface area contributed by atoms with Gasteiger partial charge in [0.2, 0.25) is 0 Å². The van der Waals surface area contributed by atoms with Crippen LogP contribution in [0, 0.1) is 5.82 Å². The van der Waals surface area contributed by atoms with Crippen molar-refractivity contribution in [2.75, 3.05) is 0 Å². The van der Waals surface area contributed by atoms with E-state index in [0.717, 1.165) is 35.9 Å². The number of aromatic nitrogens is 2. The predicted octanol–water partition coefficient (Wildman–Crippen LogP) is 5.45. The first kappa shape index (κ1) is 18.0. The minimum absolute atomic E-state index is 0.297. The van der Waals surface area contributed by atoms with E-state index in [-0.39, 0.29) is 0 Å². The van der Waals surface area contributed by atoms with Crippen molar-refractivity contribution in [3.63, 3.8) is 0 Å². The van der Waals surface area contributed by atoms with Gasteiger partial charge in [-0.25, -0.2) is 4.39 Å². The van der Waals surface area contributed by atoms with E-state index in [1.807, 2.05) is 13.0 Å². The summed E-state index contributed by atoms with van der Waals surface area (Å²) in [6.45, 7) is 1.99. The Morgan fingerprint density at radius 3 is 2.35 bits per heavy atom. The van der Waals surface area contributed by atoms with Gasteiger partial charge in [0.05, 0.1) is 17.5 Å². The van der Waals surface area contributed by atoms with Gasteiger partial charge in [-0.05, 0) is 41.8 Å². The standard InChI is InChI=1S/C20H16F4N2/c1-2-14-7-8-25-12-18(14)17-10-16(21)11-26-19(17)9-13-3-5-15(6-4-13)20(22,23)24/h3-8,10-12H,2,9H2,1H3. The zero-order valence-electron chi connectivity index (χ0n) is 14.0. The van der Waals surface area contributed by atoms with Crippen molar-refractivity contribution in [1.29, 1.82) is 0 Å². The summed E-state index contributed by atoms with van der Waals surface area (Å²) in [6.07, 6.45) is 1.12. The molecule has 0 unspecified atom stereocenters. The number of pyridine rings is 2. The molecule has 0 saturated heterocycles. The fourth-order valence-electron chi connectivity index (χ4n) is 2.82. The molecule has 2 aromatic heterocycles. The van der Waals surface area contributed by atoms with Crippen LogP contribution in [0.25, 0.3) is 11.1 Å². The van der Waals surface area contributed by atoms with E-state index >= 15 is 0 Å². The molecule has 1 aromatic carbocycles. The number of nitrogens with zero attached hydrogens (tertiary/aromatic N) is 2. The van der Waals surface area contributed by atoms with Crippen LogP contribution < -0.4 is 0 Å². The van der Waals surface area contributed by atoms with Crippen molar-refractivity contribution in [3.8, 4) is 11.1 Å². The highest BCUT2D eigenvalue weighted by molar-refractivity contribution is 5.69. The first-order valence-corrected chi connectivity index (χ1v) is 8.12. The molecule has 3 aromatic rings. The third kappa shape index (κ3) is 3.90. The normalized spacial score (nSPS) is 11.6. The second-order valence-corrected chi connectivity index (χ2v) is 5.91. The van der Waals surface area contributed by atoms with Crippen LogP contribution in [0.5, 0.6) is 0 Å². The quantitative estimate of drug-likeness (QED) is 0.578. The molecule has 0 saturated carbocycles. The van der Waals surface area contributed by atoms with Crippen LogP contribution in [0.3, 0.4) is 0 Å². The molecular formula is C20H16F4N2. The molecule has 0 spiro atoms. The van der Waals surface area contributed by atoms with E-state index in [9.17, 15) is 17.6 Å². The number of benzene rings is 1. The summed E-state index contributed by atoms with van der Waals surface area (Å²) in [5.74, 6) is -0.470. The Balaban J connectivity index is 1.99. The molecule has 2 heterocycles. The zero-order chi connectivity index (χ0) is 18.7. The lowest BCUT2D eigenvalue weighted by molar-refractivity contribution is -0.137. The first-order valence-electron chi connectivity index (χ1n) is 8.12. The molecule has 0 aliphatic heterocycles. The number of rotatable bonds is 4. The Labute approximate surface area is 148 Å². The average Bonchev–Trinajstić information content (AvgIpc) is 2.63. The lowest BCUT2D eigenvalue weighted by Crippen LogP contribution is -2.05. The van der Waals surface area contributed by atoms with Gasteiger partial charge in [0, 0.05) is 29.9 Å². The smallest absolute Gasteiger partial charge is 0.264 e. The van der Waals surface area contributed by atoms with Gasteiger partial charge in [-0.2, -0.15) is 13.2 Å². The predicted molar refractivity (Wildman–Crippen MR) is 91.1 cm³/mol. The molecule has 0 fully saturated rings. The van der Waals surface area contributed by atoms with Crippen molar-refractivity contribution in [1.82, 2.24) is 9.97 Å². The van der Waals surface area contributed by atoms with Gasteiger partial charge in [-0.1, -0.05) is 19.1 Å². The molecule has 6 heteroatoms. The average molecular weight is 360 g/mol. The van der Waals surface area contributed by atoms with Crippen LogP contribution in [-0.2, 0) is 19.0 Å². The first-order chi connectivity index (χ1) is 12.4. The third-order valence-electron chi connectivity index (χ3n) is 4.17. The van der Waals surface area contributed by atoms with Crippen molar-refractivity contribution < 1.29 is 17.6 Å². The maximum absolute atomic E-state index is 13.8. The minimum atomic E-state index is -4.37. The molecule has 0 amide bonds. The highest BCUT2D eigenvalue weighted by Gasteiger charge is 2.29. The van der Waals surface area contributed by atoms with Crippen molar-refractivity contribution in [2.24, 2.45) is 0 Å². The molecule has 134 valence electrons. The number of halogens is 4. The van der Waals surface area contributed by atoms with E-state index < -0.39 is 17.6 Å². The molecule has 0 bridgehead atoms. The van der Waals surface area contributed by atoms with Crippen LogP contribution in [-0.4, -0.2) is 9.97 Å². The summed E-state index contributed by atoms with van der Waals surface area (Å²) in [7, 11) is 0. The van der Waals surface area contributed by atoms with Gasteiger partial charge in [0.1, 0.15) is 5.82 Å². The van der Waals surface area contributed by atoms with Crippen molar-refractivity contribution >= 4 is 0 Å². The molecule has 0 N–H and O–H groups in total. The fraction of sp³-hybridized carbons (Fsp3) is 0.200. The van der Waals surface area contributed by atoms with Crippen LogP contribution in [0.4, 0.5) is 17.6 Å². The van der Waals surface area contributed by atoms with Gasteiger partial charge >= 0.3 is 6.18 Å². The Kier molecular flexibility index (Phi) is 5.02. The second-order valence-electron chi connectivity index (χ2n) is 5.91. The third-order valence-corrected chi connectivity index (χ3v) is 4.17. The number of aryl methyl sites for hydroxylation is 1. The summed E-state index contributed by atoms with van der Waals surface area (Å²) >= 11 is 0. The Bertz CT molecular complexity index is 902. The largest absolute Gasteiger partial charge is 0.416 e. The van der Waals surface area contributed by atoms with Crippen molar-refractivity contribution in [2.45, 2.75) is 25.9 Å². The van der Waals surface area contributed by atoms with Crippen LogP contribution in [0.1, 0.15) is 29.3 Å². The Hall–Kier alpha value is -2.76. The van der Waals surface area contributed by atoms with Gasteiger partial charge < -0.3 is 0 Å². The van der Waals surface area contributed by atoms with E-state index in [1.54, 1.807) is 12.4 Å². The maximum Gasteiger partial charge on any atom is 0.416 e. The minimum Gasteiger partial charge on any atom is -0.264 e. The van der Waals surface area contributed by atoms with Crippen LogP contribution in [0.15, 0.2) is 55.0 Å². The lowest BCUT2D eigenvalue weighted by Gasteiger charge is -2.13.